The number of carbonyl (C=O) groups is 1. The van der Waals surface area contributed by atoms with E-state index in [9.17, 15) is 4.79 Å². The van der Waals surface area contributed by atoms with Crippen LogP contribution in [-0.2, 0) is 9.53 Å². The highest BCUT2D eigenvalue weighted by molar-refractivity contribution is 5.75. The lowest BCUT2D eigenvalue weighted by Crippen LogP contribution is -2.30. The van der Waals surface area contributed by atoms with E-state index in [2.05, 4.69) is 10.6 Å². The van der Waals surface area contributed by atoms with E-state index in [1.807, 2.05) is 6.92 Å². The fourth-order valence-electron chi connectivity index (χ4n) is 0.896. The van der Waals surface area contributed by atoms with Gasteiger partial charge in [0.15, 0.2) is 0 Å². The van der Waals surface area contributed by atoms with Gasteiger partial charge < -0.3 is 20.5 Å². The van der Waals surface area contributed by atoms with Gasteiger partial charge in [-0.2, -0.15) is 0 Å². The molecule has 0 radical (unpaired) electrons. The van der Waals surface area contributed by atoms with E-state index in [1.165, 1.54) is 0 Å². The van der Waals surface area contributed by atoms with E-state index in [-0.39, 0.29) is 12.5 Å². The van der Waals surface area contributed by atoms with E-state index < -0.39 is 0 Å². The van der Waals surface area contributed by atoms with E-state index in [1.54, 1.807) is 0 Å². The Morgan fingerprint density at radius 2 is 2.14 bits per heavy atom. The molecule has 0 fully saturated rings. The summed E-state index contributed by atoms with van der Waals surface area (Å²) in [6, 6.07) is 0. The van der Waals surface area contributed by atoms with Gasteiger partial charge in [0.05, 0.1) is 19.8 Å². The SMILES string of the molecule is CCNCCC(=O)NCCOCCO. The number of hydrogen-bond acceptors (Lipinski definition) is 4. The van der Waals surface area contributed by atoms with E-state index >= 15 is 0 Å². The van der Waals surface area contributed by atoms with Crippen LogP contribution in [0, 0.1) is 0 Å². The van der Waals surface area contributed by atoms with Gasteiger partial charge in [0.2, 0.25) is 5.91 Å². The van der Waals surface area contributed by atoms with Crippen molar-refractivity contribution in [3.8, 4) is 0 Å². The number of nitrogens with one attached hydrogen (secondary N) is 2. The molecule has 0 rings (SSSR count). The Bertz CT molecular complexity index is 142. The zero-order chi connectivity index (χ0) is 10.6. The molecule has 84 valence electrons. The Balaban J connectivity index is 3.10. The molecular formula is C9H20N2O3. The third-order valence-electron chi connectivity index (χ3n) is 1.58. The van der Waals surface area contributed by atoms with Gasteiger partial charge in [-0.15, -0.1) is 0 Å². The van der Waals surface area contributed by atoms with E-state index in [4.69, 9.17) is 9.84 Å². The molecule has 0 bridgehead atoms. The summed E-state index contributed by atoms with van der Waals surface area (Å²) in [6.07, 6.45) is 0.494. The van der Waals surface area contributed by atoms with Crippen molar-refractivity contribution in [1.82, 2.24) is 10.6 Å². The molecule has 0 atom stereocenters. The molecule has 0 heterocycles. The largest absolute Gasteiger partial charge is 0.394 e. The molecule has 0 saturated carbocycles. The van der Waals surface area contributed by atoms with Crippen LogP contribution in [0.4, 0.5) is 0 Å². The molecular weight excluding hydrogens is 184 g/mol. The first-order chi connectivity index (χ1) is 6.81. The third kappa shape index (κ3) is 9.44. The van der Waals surface area contributed by atoms with Crippen LogP contribution >= 0.6 is 0 Å². The Morgan fingerprint density at radius 3 is 2.79 bits per heavy atom. The molecule has 0 aliphatic carbocycles. The summed E-state index contributed by atoms with van der Waals surface area (Å²) in [4.78, 5) is 11.1. The molecule has 0 saturated heterocycles. The number of hydrogen-bond donors (Lipinski definition) is 3. The van der Waals surface area contributed by atoms with Crippen LogP contribution in [0.2, 0.25) is 0 Å². The van der Waals surface area contributed by atoms with Crippen molar-refractivity contribution in [1.29, 1.82) is 0 Å². The molecule has 5 nitrogen and oxygen atoms in total. The summed E-state index contributed by atoms with van der Waals surface area (Å²) in [7, 11) is 0. The summed E-state index contributed by atoms with van der Waals surface area (Å²) in [6.45, 7) is 4.90. The first-order valence-electron chi connectivity index (χ1n) is 4.97. The first kappa shape index (κ1) is 13.4. The minimum atomic E-state index is 0.0222. The molecule has 3 N–H and O–H groups in total. The van der Waals surface area contributed by atoms with Crippen molar-refractivity contribution in [2.24, 2.45) is 0 Å². The van der Waals surface area contributed by atoms with Crippen LogP contribution in [-0.4, -0.2) is 50.5 Å². The van der Waals surface area contributed by atoms with E-state index in [0.29, 0.717) is 32.7 Å². The van der Waals surface area contributed by atoms with Crippen LogP contribution in [0.15, 0.2) is 0 Å². The zero-order valence-corrected chi connectivity index (χ0v) is 8.71. The maximum absolute atomic E-state index is 11.1. The predicted molar refractivity (Wildman–Crippen MR) is 54.1 cm³/mol. The van der Waals surface area contributed by atoms with Crippen molar-refractivity contribution in [3.05, 3.63) is 0 Å². The fraction of sp³-hybridized carbons (Fsp3) is 0.889. The monoisotopic (exact) mass is 204 g/mol. The summed E-state index contributed by atoms with van der Waals surface area (Å²) in [5, 5.41) is 14.2. The first-order valence-corrected chi connectivity index (χ1v) is 4.97. The van der Waals surface area contributed by atoms with Crippen LogP contribution in [0.5, 0.6) is 0 Å². The molecule has 14 heavy (non-hydrogen) atoms. The van der Waals surface area contributed by atoms with Gasteiger partial charge in [0.1, 0.15) is 0 Å². The zero-order valence-electron chi connectivity index (χ0n) is 8.71. The Morgan fingerprint density at radius 1 is 1.36 bits per heavy atom. The summed E-state index contributed by atoms with van der Waals surface area (Å²) in [5.41, 5.74) is 0. The second-order valence-electron chi connectivity index (χ2n) is 2.79. The maximum Gasteiger partial charge on any atom is 0.221 e. The maximum atomic E-state index is 11.1. The Labute approximate surface area is 84.8 Å². The van der Waals surface area contributed by atoms with Crippen molar-refractivity contribution in [2.75, 3.05) is 39.5 Å². The second-order valence-corrected chi connectivity index (χ2v) is 2.79. The smallest absolute Gasteiger partial charge is 0.221 e. The number of ether oxygens (including phenoxy) is 1. The number of aliphatic hydroxyl groups is 1. The van der Waals surface area contributed by atoms with Gasteiger partial charge in [-0.05, 0) is 6.54 Å². The van der Waals surface area contributed by atoms with Crippen molar-refractivity contribution < 1.29 is 14.6 Å². The minimum absolute atomic E-state index is 0.0222. The average Bonchev–Trinajstić information content (AvgIpc) is 2.18. The third-order valence-corrected chi connectivity index (χ3v) is 1.58. The molecule has 0 unspecified atom stereocenters. The number of amides is 1. The lowest BCUT2D eigenvalue weighted by atomic mass is 10.4. The minimum Gasteiger partial charge on any atom is -0.394 e. The average molecular weight is 204 g/mol. The van der Waals surface area contributed by atoms with Crippen molar-refractivity contribution >= 4 is 5.91 Å². The molecule has 0 spiro atoms. The topological polar surface area (TPSA) is 70.6 Å². The van der Waals surface area contributed by atoms with Crippen LogP contribution in [0.3, 0.4) is 0 Å². The van der Waals surface area contributed by atoms with Crippen LogP contribution in [0.25, 0.3) is 0 Å². The highest BCUT2D eigenvalue weighted by atomic mass is 16.5. The lowest BCUT2D eigenvalue weighted by molar-refractivity contribution is -0.121. The van der Waals surface area contributed by atoms with Crippen molar-refractivity contribution in [3.63, 3.8) is 0 Å². The lowest BCUT2D eigenvalue weighted by Gasteiger charge is -2.05. The van der Waals surface area contributed by atoms with Crippen LogP contribution < -0.4 is 10.6 Å². The quantitative estimate of drug-likeness (QED) is 0.426. The highest BCUT2D eigenvalue weighted by Crippen LogP contribution is 1.77. The number of rotatable bonds is 9. The normalized spacial score (nSPS) is 10.1. The molecule has 0 aliphatic rings. The summed E-state index contributed by atoms with van der Waals surface area (Å²) < 4.78 is 4.98. The van der Waals surface area contributed by atoms with Gasteiger partial charge in [-0.1, -0.05) is 6.92 Å². The standard InChI is InChI=1S/C9H20N2O3/c1-2-10-4-3-9(13)11-5-7-14-8-6-12/h10,12H,2-8H2,1H3,(H,11,13). The van der Waals surface area contributed by atoms with Gasteiger partial charge in [-0.3, -0.25) is 4.79 Å². The molecule has 0 aliphatic heterocycles. The number of carbonyl (C=O) groups excluding carboxylic acids is 1. The van der Waals surface area contributed by atoms with Gasteiger partial charge in [-0.25, -0.2) is 0 Å². The predicted octanol–water partition coefficient (Wildman–Crippen LogP) is -0.889. The molecule has 0 aromatic heterocycles. The summed E-state index contributed by atoms with van der Waals surface area (Å²) in [5.74, 6) is 0.0264. The Hall–Kier alpha value is -0.650. The Kier molecular flexibility index (Phi) is 9.95. The fourth-order valence-corrected chi connectivity index (χ4v) is 0.896. The summed E-state index contributed by atoms with van der Waals surface area (Å²) >= 11 is 0. The van der Waals surface area contributed by atoms with Gasteiger partial charge in [0.25, 0.3) is 0 Å². The molecule has 5 heteroatoms. The molecule has 0 aromatic carbocycles. The second kappa shape index (κ2) is 10.4. The van der Waals surface area contributed by atoms with E-state index in [0.717, 1.165) is 6.54 Å². The molecule has 0 aromatic rings. The molecule has 1 amide bonds. The number of aliphatic hydroxyl groups excluding tert-OH is 1. The van der Waals surface area contributed by atoms with Crippen molar-refractivity contribution in [2.45, 2.75) is 13.3 Å². The van der Waals surface area contributed by atoms with Crippen LogP contribution in [0.1, 0.15) is 13.3 Å². The highest BCUT2D eigenvalue weighted by Gasteiger charge is 1.98. The van der Waals surface area contributed by atoms with Gasteiger partial charge >= 0.3 is 0 Å². The van der Waals surface area contributed by atoms with Gasteiger partial charge in [0, 0.05) is 19.5 Å².